The molecule has 2 N–H and O–H groups in total. The van der Waals surface area contributed by atoms with Crippen molar-refractivity contribution >= 4 is 54.5 Å². The van der Waals surface area contributed by atoms with E-state index < -0.39 is 0 Å². The number of hydrogen-bond donors (Lipinski definition) is 2. The number of hydrogen-bond acceptors (Lipinski definition) is 10. The minimum absolute atomic E-state index is 0.413. The lowest BCUT2D eigenvalue weighted by atomic mass is 10.3. The molecule has 2 atom stereocenters. The van der Waals surface area contributed by atoms with Gasteiger partial charge in [-0.1, -0.05) is 36.5 Å². The number of nitrogens with zero attached hydrogens (tertiary/aromatic N) is 4. The van der Waals surface area contributed by atoms with Gasteiger partial charge in [0.05, 0.1) is 0 Å². The molecule has 10 heteroatoms. The predicted molar refractivity (Wildman–Crippen MR) is 98.3 cm³/mol. The lowest BCUT2D eigenvalue weighted by Gasteiger charge is -2.07. The first-order chi connectivity index (χ1) is 10.6. The van der Waals surface area contributed by atoms with Crippen molar-refractivity contribution in [2.24, 2.45) is 0 Å². The molecule has 0 aliphatic carbocycles. The van der Waals surface area contributed by atoms with E-state index in [0.717, 1.165) is 31.8 Å². The first-order valence-corrected chi connectivity index (χ1v) is 10.9. The third-order valence-electron chi connectivity index (χ3n) is 2.96. The Kier molecular flexibility index (Phi) is 7.19. The molecule has 2 aromatic rings. The summed E-state index contributed by atoms with van der Waals surface area (Å²) >= 11 is 3.13. The molecule has 0 aliphatic rings. The quantitative estimate of drug-likeness (QED) is 0.615. The van der Waals surface area contributed by atoms with Gasteiger partial charge in [-0.2, -0.15) is 0 Å². The van der Waals surface area contributed by atoms with Crippen molar-refractivity contribution < 1.29 is 0 Å². The molecule has 2 unspecified atom stereocenters. The third-order valence-corrected chi connectivity index (χ3v) is 7.62. The molecule has 2 heterocycles. The minimum Gasteiger partial charge on any atom is -0.358 e. The van der Waals surface area contributed by atoms with Gasteiger partial charge in [-0.15, -0.1) is 20.4 Å². The molecular formula is C12H20N6S4. The van der Waals surface area contributed by atoms with Gasteiger partial charge in [-0.05, 0) is 48.3 Å². The molecular weight excluding hydrogens is 356 g/mol. The zero-order valence-electron chi connectivity index (χ0n) is 13.0. The van der Waals surface area contributed by atoms with Crippen LogP contribution in [0.25, 0.3) is 0 Å². The van der Waals surface area contributed by atoms with E-state index in [1.807, 2.05) is 0 Å². The maximum atomic E-state index is 4.18. The SMILES string of the molecule is CCC(C)Nc1nnc(SSc2nnc(NC(C)CC)s2)s1. The molecule has 0 bridgehead atoms. The van der Waals surface area contributed by atoms with Gasteiger partial charge >= 0.3 is 0 Å². The molecule has 0 fully saturated rings. The molecule has 22 heavy (non-hydrogen) atoms. The standard InChI is InChI=1S/C12H20N6S4/c1-5-7(3)13-9-15-17-11(19-9)21-22-12-18-16-10(20-12)14-8(4)6-2/h7-8H,5-6H2,1-4H3,(H,13,15)(H,14,16). The maximum Gasteiger partial charge on any atom is 0.206 e. The van der Waals surface area contributed by atoms with Crippen molar-refractivity contribution in [3.05, 3.63) is 0 Å². The van der Waals surface area contributed by atoms with Crippen LogP contribution < -0.4 is 10.6 Å². The summed E-state index contributed by atoms with van der Waals surface area (Å²) in [4.78, 5) is 0. The Labute approximate surface area is 146 Å². The minimum atomic E-state index is 0.413. The predicted octanol–water partition coefficient (Wildman–Crippen LogP) is 4.61. The number of aromatic nitrogens is 4. The van der Waals surface area contributed by atoms with Gasteiger partial charge in [0.15, 0.2) is 8.68 Å². The molecule has 0 saturated heterocycles. The molecule has 0 spiro atoms. The van der Waals surface area contributed by atoms with E-state index in [9.17, 15) is 0 Å². The van der Waals surface area contributed by atoms with Crippen molar-refractivity contribution in [1.29, 1.82) is 0 Å². The maximum absolute atomic E-state index is 4.18. The first-order valence-electron chi connectivity index (χ1n) is 7.15. The largest absolute Gasteiger partial charge is 0.358 e. The summed E-state index contributed by atoms with van der Waals surface area (Å²) in [6, 6.07) is 0.826. The Morgan fingerprint density at radius 2 is 1.23 bits per heavy atom. The van der Waals surface area contributed by atoms with Crippen LogP contribution in [0.1, 0.15) is 40.5 Å². The van der Waals surface area contributed by atoms with Crippen LogP contribution in [0, 0.1) is 0 Å². The number of nitrogens with one attached hydrogen (secondary N) is 2. The molecule has 0 aromatic carbocycles. The normalized spacial score (nSPS) is 13.8. The van der Waals surface area contributed by atoms with E-state index in [1.165, 1.54) is 0 Å². The van der Waals surface area contributed by atoms with Crippen LogP contribution in [0.2, 0.25) is 0 Å². The van der Waals surface area contributed by atoms with Gasteiger partial charge in [0.2, 0.25) is 10.3 Å². The number of anilines is 2. The Morgan fingerprint density at radius 1 is 0.818 bits per heavy atom. The lowest BCUT2D eigenvalue weighted by Crippen LogP contribution is -2.12. The highest BCUT2D eigenvalue weighted by molar-refractivity contribution is 8.77. The van der Waals surface area contributed by atoms with Crippen LogP contribution in [0.4, 0.5) is 10.3 Å². The van der Waals surface area contributed by atoms with Gasteiger partial charge in [0.1, 0.15) is 0 Å². The number of rotatable bonds is 9. The van der Waals surface area contributed by atoms with Gasteiger partial charge < -0.3 is 10.6 Å². The fourth-order valence-electron chi connectivity index (χ4n) is 1.30. The monoisotopic (exact) mass is 376 g/mol. The summed E-state index contributed by atoms with van der Waals surface area (Å²) in [5.74, 6) is 0. The van der Waals surface area contributed by atoms with Crippen LogP contribution in [-0.4, -0.2) is 32.5 Å². The zero-order chi connectivity index (χ0) is 15.9. The summed E-state index contributed by atoms with van der Waals surface area (Å²) in [7, 11) is 3.14. The second-order valence-electron chi connectivity index (χ2n) is 4.82. The third kappa shape index (κ3) is 5.56. The summed E-state index contributed by atoms with van der Waals surface area (Å²) in [5.41, 5.74) is 0. The van der Waals surface area contributed by atoms with Crippen molar-refractivity contribution in [2.45, 2.75) is 61.3 Å². The topological polar surface area (TPSA) is 75.6 Å². The van der Waals surface area contributed by atoms with Crippen LogP contribution in [0.5, 0.6) is 0 Å². The Balaban J connectivity index is 1.83. The molecule has 0 saturated carbocycles. The van der Waals surface area contributed by atoms with Gasteiger partial charge in [0.25, 0.3) is 0 Å². The summed E-state index contributed by atoms with van der Waals surface area (Å²) in [6.45, 7) is 8.56. The van der Waals surface area contributed by atoms with Crippen molar-refractivity contribution in [3.8, 4) is 0 Å². The summed E-state index contributed by atoms with van der Waals surface area (Å²) < 4.78 is 1.84. The van der Waals surface area contributed by atoms with Crippen molar-refractivity contribution in [1.82, 2.24) is 20.4 Å². The average molecular weight is 377 g/mol. The Morgan fingerprint density at radius 3 is 1.59 bits per heavy atom. The van der Waals surface area contributed by atoms with Gasteiger partial charge in [0, 0.05) is 12.1 Å². The van der Waals surface area contributed by atoms with E-state index in [4.69, 9.17) is 0 Å². The second kappa shape index (κ2) is 8.90. The molecule has 0 radical (unpaired) electrons. The van der Waals surface area contributed by atoms with Crippen LogP contribution >= 0.6 is 44.3 Å². The summed E-state index contributed by atoms with van der Waals surface area (Å²) in [6.07, 6.45) is 2.13. The van der Waals surface area contributed by atoms with Crippen molar-refractivity contribution in [3.63, 3.8) is 0 Å². The highest BCUT2D eigenvalue weighted by atomic mass is 33.1. The Bertz CT molecular complexity index is 521. The van der Waals surface area contributed by atoms with Crippen LogP contribution in [-0.2, 0) is 0 Å². The van der Waals surface area contributed by atoms with Gasteiger partial charge in [-0.3, -0.25) is 0 Å². The van der Waals surface area contributed by atoms with Crippen molar-refractivity contribution in [2.75, 3.05) is 10.6 Å². The highest BCUT2D eigenvalue weighted by Gasteiger charge is 2.11. The molecule has 122 valence electrons. The molecule has 0 amide bonds. The fourth-order valence-corrected chi connectivity index (χ4v) is 5.37. The Hall–Kier alpha value is -0.580. The van der Waals surface area contributed by atoms with Gasteiger partial charge in [-0.25, -0.2) is 0 Å². The average Bonchev–Trinajstić information content (AvgIpc) is 3.14. The van der Waals surface area contributed by atoms with E-state index in [-0.39, 0.29) is 0 Å². The zero-order valence-corrected chi connectivity index (χ0v) is 16.3. The molecule has 6 nitrogen and oxygen atoms in total. The van der Waals surface area contributed by atoms with E-state index >= 15 is 0 Å². The van der Waals surface area contributed by atoms with Crippen LogP contribution in [0.3, 0.4) is 0 Å². The fraction of sp³-hybridized carbons (Fsp3) is 0.667. The van der Waals surface area contributed by atoms with Crippen LogP contribution in [0.15, 0.2) is 8.68 Å². The van der Waals surface area contributed by atoms with E-state index in [1.54, 1.807) is 44.3 Å². The smallest absolute Gasteiger partial charge is 0.206 e. The first kappa shape index (κ1) is 17.8. The highest BCUT2D eigenvalue weighted by Crippen LogP contribution is 2.41. The van der Waals surface area contributed by atoms with E-state index in [2.05, 4.69) is 58.7 Å². The summed E-state index contributed by atoms with van der Waals surface area (Å²) in [5, 5.41) is 25.0. The van der Waals surface area contributed by atoms with E-state index in [0.29, 0.717) is 12.1 Å². The molecule has 0 aliphatic heterocycles. The second-order valence-corrected chi connectivity index (χ2v) is 9.40. The molecule has 2 rings (SSSR count). The molecule has 2 aromatic heterocycles. The lowest BCUT2D eigenvalue weighted by molar-refractivity contribution is 0.759.